The lowest BCUT2D eigenvalue weighted by Gasteiger charge is -2.08. The molecular formula is C13H15N3O2S. The number of aromatic amines is 1. The van der Waals surface area contributed by atoms with Gasteiger partial charge in [0.2, 0.25) is 0 Å². The van der Waals surface area contributed by atoms with Crippen molar-refractivity contribution in [2.24, 2.45) is 0 Å². The lowest BCUT2D eigenvalue weighted by atomic mass is 10.3. The SMILES string of the molecule is O=C(NCCCO)c1c[nH]c(=S)n1-c1ccccc1. The smallest absolute Gasteiger partial charge is 0.269 e. The number of aliphatic hydroxyl groups is 1. The average Bonchev–Trinajstić information content (AvgIpc) is 2.82. The van der Waals surface area contributed by atoms with E-state index in [1.54, 1.807) is 10.8 Å². The van der Waals surface area contributed by atoms with Crippen LogP contribution >= 0.6 is 12.2 Å². The Morgan fingerprint density at radius 1 is 1.37 bits per heavy atom. The molecular weight excluding hydrogens is 262 g/mol. The molecule has 0 fully saturated rings. The Hall–Kier alpha value is -1.92. The van der Waals surface area contributed by atoms with Crippen LogP contribution in [0.15, 0.2) is 36.5 Å². The fourth-order valence-electron chi connectivity index (χ4n) is 1.74. The Morgan fingerprint density at radius 2 is 2.11 bits per heavy atom. The van der Waals surface area contributed by atoms with Crippen molar-refractivity contribution >= 4 is 18.1 Å². The summed E-state index contributed by atoms with van der Waals surface area (Å²) in [6, 6.07) is 9.44. The third-order valence-corrected chi connectivity index (χ3v) is 2.94. The van der Waals surface area contributed by atoms with E-state index in [-0.39, 0.29) is 12.5 Å². The highest BCUT2D eigenvalue weighted by molar-refractivity contribution is 7.71. The standard InChI is InChI=1S/C13H15N3O2S/c17-8-4-7-14-12(18)11-9-15-13(19)16(11)10-5-2-1-3-6-10/h1-3,5-6,9,17H,4,7-8H2,(H,14,18)(H,15,19). The summed E-state index contributed by atoms with van der Waals surface area (Å²) in [7, 11) is 0. The fraction of sp³-hybridized carbons (Fsp3) is 0.231. The predicted molar refractivity (Wildman–Crippen MR) is 75.0 cm³/mol. The van der Waals surface area contributed by atoms with Gasteiger partial charge >= 0.3 is 0 Å². The van der Waals surface area contributed by atoms with Crippen LogP contribution in [0.4, 0.5) is 0 Å². The minimum atomic E-state index is -0.218. The van der Waals surface area contributed by atoms with Crippen LogP contribution in [0, 0.1) is 4.77 Å². The molecule has 0 radical (unpaired) electrons. The molecule has 0 aliphatic heterocycles. The van der Waals surface area contributed by atoms with E-state index in [9.17, 15) is 4.79 Å². The van der Waals surface area contributed by atoms with Gasteiger partial charge in [0.15, 0.2) is 4.77 Å². The lowest BCUT2D eigenvalue weighted by molar-refractivity contribution is 0.0944. The van der Waals surface area contributed by atoms with E-state index in [0.29, 0.717) is 23.4 Å². The highest BCUT2D eigenvalue weighted by Crippen LogP contribution is 2.12. The van der Waals surface area contributed by atoms with Gasteiger partial charge in [-0.05, 0) is 30.8 Å². The normalized spacial score (nSPS) is 10.4. The zero-order chi connectivity index (χ0) is 13.7. The minimum Gasteiger partial charge on any atom is -0.396 e. The van der Waals surface area contributed by atoms with Crippen molar-refractivity contribution in [1.29, 1.82) is 0 Å². The van der Waals surface area contributed by atoms with Crippen LogP contribution in [0.5, 0.6) is 0 Å². The van der Waals surface area contributed by atoms with Crippen molar-refractivity contribution < 1.29 is 9.90 Å². The van der Waals surface area contributed by atoms with Gasteiger partial charge in [-0.25, -0.2) is 0 Å². The number of nitrogens with zero attached hydrogens (tertiary/aromatic N) is 1. The van der Waals surface area contributed by atoms with E-state index in [1.807, 2.05) is 30.3 Å². The predicted octanol–water partition coefficient (Wildman–Crippen LogP) is 1.65. The number of H-pyrrole nitrogens is 1. The summed E-state index contributed by atoms with van der Waals surface area (Å²) in [6.45, 7) is 0.487. The quantitative estimate of drug-likeness (QED) is 0.575. The molecule has 100 valence electrons. The van der Waals surface area contributed by atoms with E-state index < -0.39 is 0 Å². The molecule has 5 nitrogen and oxygen atoms in total. The molecule has 0 aliphatic rings. The highest BCUT2D eigenvalue weighted by Gasteiger charge is 2.13. The Bertz CT molecular complexity index is 604. The Balaban J connectivity index is 2.28. The van der Waals surface area contributed by atoms with Crippen molar-refractivity contribution in [2.75, 3.05) is 13.2 Å². The summed E-state index contributed by atoms with van der Waals surface area (Å²) in [5.41, 5.74) is 1.29. The number of hydrogen-bond acceptors (Lipinski definition) is 3. The maximum absolute atomic E-state index is 12.0. The number of amides is 1. The molecule has 0 saturated carbocycles. The molecule has 6 heteroatoms. The van der Waals surface area contributed by atoms with Crippen molar-refractivity contribution in [3.05, 3.63) is 47.0 Å². The van der Waals surface area contributed by atoms with Gasteiger partial charge in [-0.15, -0.1) is 0 Å². The second-order valence-electron chi connectivity index (χ2n) is 3.98. The molecule has 0 atom stereocenters. The van der Waals surface area contributed by atoms with Gasteiger partial charge in [0, 0.05) is 25.0 Å². The number of carbonyl (C=O) groups excluding carboxylic acids is 1. The molecule has 1 amide bonds. The molecule has 2 rings (SSSR count). The largest absolute Gasteiger partial charge is 0.396 e. The van der Waals surface area contributed by atoms with Crippen molar-refractivity contribution in [1.82, 2.24) is 14.9 Å². The highest BCUT2D eigenvalue weighted by atomic mass is 32.1. The summed E-state index contributed by atoms with van der Waals surface area (Å²) < 4.78 is 2.15. The molecule has 0 aliphatic carbocycles. The maximum Gasteiger partial charge on any atom is 0.269 e. The molecule has 0 bridgehead atoms. The minimum absolute atomic E-state index is 0.0540. The van der Waals surface area contributed by atoms with Crippen molar-refractivity contribution in [3.63, 3.8) is 0 Å². The Kier molecular flexibility index (Phi) is 4.48. The Labute approximate surface area is 115 Å². The van der Waals surface area contributed by atoms with Crippen LogP contribution in [0.2, 0.25) is 0 Å². The van der Waals surface area contributed by atoms with Crippen LogP contribution < -0.4 is 5.32 Å². The van der Waals surface area contributed by atoms with Gasteiger partial charge in [-0.3, -0.25) is 9.36 Å². The van der Waals surface area contributed by atoms with Crippen molar-refractivity contribution in [3.8, 4) is 5.69 Å². The molecule has 0 unspecified atom stereocenters. The van der Waals surface area contributed by atoms with Gasteiger partial charge in [0.1, 0.15) is 5.69 Å². The zero-order valence-electron chi connectivity index (χ0n) is 10.3. The summed E-state index contributed by atoms with van der Waals surface area (Å²) in [5, 5.41) is 11.4. The number of nitrogens with one attached hydrogen (secondary N) is 2. The third-order valence-electron chi connectivity index (χ3n) is 2.64. The molecule has 3 N–H and O–H groups in total. The first kappa shape index (κ1) is 13.5. The molecule has 0 saturated heterocycles. The van der Waals surface area contributed by atoms with Crippen LogP contribution in [0.3, 0.4) is 0 Å². The first-order chi connectivity index (χ1) is 9.24. The monoisotopic (exact) mass is 277 g/mol. The van der Waals surface area contributed by atoms with Crippen molar-refractivity contribution in [2.45, 2.75) is 6.42 Å². The summed E-state index contributed by atoms with van der Waals surface area (Å²) in [6.07, 6.45) is 2.12. The second kappa shape index (κ2) is 6.31. The van der Waals surface area contributed by atoms with Crippen LogP contribution in [0.1, 0.15) is 16.9 Å². The van der Waals surface area contributed by atoms with Gasteiger partial charge in [0.25, 0.3) is 5.91 Å². The Morgan fingerprint density at radius 3 is 2.79 bits per heavy atom. The molecule has 2 aromatic rings. The number of aliphatic hydroxyl groups excluding tert-OH is 1. The van der Waals surface area contributed by atoms with Gasteiger partial charge in [-0.2, -0.15) is 0 Å². The molecule has 1 heterocycles. The fourth-order valence-corrected chi connectivity index (χ4v) is 2.00. The van der Waals surface area contributed by atoms with E-state index >= 15 is 0 Å². The van der Waals surface area contributed by atoms with Crippen LogP contribution in [0.25, 0.3) is 5.69 Å². The number of aromatic nitrogens is 2. The van der Waals surface area contributed by atoms with Gasteiger partial charge in [0.05, 0.1) is 0 Å². The first-order valence-corrected chi connectivity index (χ1v) is 6.40. The van der Waals surface area contributed by atoms with E-state index in [0.717, 1.165) is 5.69 Å². The summed E-state index contributed by atoms with van der Waals surface area (Å²) in [5.74, 6) is -0.218. The van der Waals surface area contributed by atoms with E-state index in [1.165, 1.54) is 0 Å². The summed E-state index contributed by atoms with van der Waals surface area (Å²) in [4.78, 5) is 14.9. The topological polar surface area (TPSA) is 70.1 Å². The number of para-hydroxylation sites is 1. The van der Waals surface area contributed by atoms with E-state index in [4.69, 9.17) is 17.3 Å². The number of rotatable bonds is 5. The molecule has 19 heavy (non-hydrogen) atoms. The second-order valence-corrected chi connectivity index (χ2v) is 4.37. The van der Waals surface area contributed by atoms with Crippen LogP contribution in [-0.4, -0.2) is 33.7 Å². The number of carbonyl (C=O) groups is 1. The van der Waals surface area contributed by atoms with Crippen LogP contribution in [-0.2, 0) is 0 Å². The molecule has 0 spiro atoms. The number of hydrogen-bond donors (Lipinski definition) is 3. The number of benzene rings is 1. The van der Waals surface area contributed by atoms with E-state index in [2.05, 4.69) is 10.3 Å². The molecule has 1 aromatic carbocycles. The first-order valence-electron chi connectivity index (χ1n) is 5.99. The zero-order valence-corrected chi connectivity index (χ0v) is 11.1. The third kappa shape index (κ3) is 3.10. The lowest BCUT2D eigenvalue weighted by Crippen LogP contribution is -2.27. The summed E-state index contributed by atoms with van der Waals surface area (Å²) >= 11 is 5.20. The maximum atomic E-state index is 12.0. The molecule has 1 aromatic heterocycles. The van der Waals surface area contributed by atoms with Gasteiger partial charge < -0.3 is 15.4 Å². The van der Waals surface area contributed by atoms with Gasteiger partial charge in [-0.1, -0.05) is 18.2 Å². The number of imidazole rings is 1. The average molecular weight is 277 g/mol.